The Morgan fingerprint density at radius 3 is 2.87 bits per heavy atom. The number of amides is 1. The summed E-state index contributed by atoms with van der Waals surface area (Å²) < 4.78 is 26.4. The van der Waals surface area contributed by atoms with Crippen molar-refractivity contribution in [2.75, 3.05) is 26.2 Å². The molecule has 124 valence electrons. The van der Waals surface area contributed by atoms with Crippen LogP contribution in [0.15, 0.2) is 34.4 Å². The number of sulfonamides is 1. The number of hydrogen-bond donors (Lipinski definition) is 1. The molecular weight excluding hydrogens is 336 g/mol. The van der Waals surface area contributed by atoms with Gasteiger partial charge in [-0.2, -0.15) is 15.6 Å². The minimum atomic E-state index is -3.56. The molecule has 0 unspecified atom stereocenters. The number of H-pyrrole nitrogens is 1. The molecule has 0 aromatic carbocycles. The van der Waals surface area contributed by atoms with Gasteiger partial charge in [0.2, 0.25) is 5.91 Å². The number of nitrogens with zero attached hydrogens (tertiary/aromatic N) is 3. The van der Waals surface area contributed by atoms with Gasteiger partial charge < -0.3 is 9.88 Å². The first-order valence-electron chi connectivity index (χ1n) is 7.35. The average molecular weight is 354 g/mol. The first-order valence-corrected chi connectivity index (χ1v) is 9.73. The number of carbonyl (C=O) groups is 1. The highest BCUT2D eigenvalue weighted by molar-refractivity contribution is 7.89. The largest absolute Gasteiger partial charge is 0.341 e. The van der Waals surface area contributed by atoms with E-state index in [-0.39, 0.29) is 10.9 Å². The third-order valence-corrected chi connectivity index (χ3v) is 6.39. The van der Waals surface area contributed by atoms with E-state index < -0.39 is 10.0 Å². The molecule has 9 heteroatoms. The predicted molar refractivity (Wildman–Crippen MR) is 86.6 cm³/mol. The predicted octanol–water partition coefficient (Wildman–Crippen LogP) is 0.937. The number of hydrogen-bond acceptors (Lipinski definition) is 5. The number of aromatic nitrogens is 2. The molecule has 1 amide bonds. The molecule has 3 heterocycles. The summed E-state index contributed by atoms with van der Waals surface area (Å²) in [7, 11) is -3.56. The quantitative estimate of drug-likeness (QED) is 0.885. The number of rotatable bonds is 4. The maximum atomic E-state index is 12.5. The Hall–Kier alpha value is -1.71. The van der Waals surface area contributed by atoms with Gasteiger partial charge in [0.05, 0.1) is 18.9 Å². The molecule has 1 saturated heterocycles. The van der Waals surface area contributed by atoms with Crippen molar-refractivity contribution in [3.63, 3.8) is 0 Å². The van der Waals surface area contributed by atoms with Crippen molar-refractivity contribution in [3.8, 4) is 0 Å². The molecule has 23 heavy (non-hydrogen) atoms. The summed E-state index contributed by atoms with van der Waals surface area (Å²) in [6.45, 7) is 1.70. The molecule has 0 saturated carbocycles. The van der Waals surface area contributed by atoms with Crippen LogP contribution >= 0.6 is 11.3 Å². The molecule has 0 spiro atoms. The van der Waals surface area contributed by atoms with Crippen LogP contribution in [0.2, 0.25) is 0 Å². The minimum Gasteiger partial charge on any atom is -0.341 e. The van der Waals surface area contributed by atoms with E-state index in [9.17, 15) is 13.2 Å². The van der Waals surface area contributed by atoms with Gasteiger partial charge in [-0.05, 0) is 28.8 Å². The van der Waals surface area contributed by atoms with E-state index in [4.69, 9.17) is 0 Å². The molecule has 1 aliphatic heterocycles. The highest BCUT2D eigenvalue weighted by Crippen LogP contribution is 2.16. The number of aromatic amines is 1. The second-order valence-corrected chi connectivity index (χ2v) is 8.05. The second kappa shape index (κ2) is 6.81. The summed E-state index contributed by atoms with van der Waals surface area (Å²) in [5, 5.41) is 4.00. The molecule has 0 aliphatic carbocycles. The lowest BCUT2D eigenvalue weighted by Gasteiger charge is -2.21. The SMILES string of the molecule is O=C(Cc1ccsc1)N1CCCN(S(=O)(=O)c2cnc[nH]2)CC1. The standard InChI is InChI=1S/C14H18N4O3S2/c19-14(8-12-2-7-22-10-12)17-3-1-4-18(6-5-17)23(20,21)13-9-15-11-16-13/h2,7,9-11H,1,3-6,8H2,(H,15,16). The van der Waals surface area contributed by atoms with E-state index in [1.54, 1.807) is 16.2 Å². The van der Waals surface area contributed by atoms with Crippen LogP contribution in [0.25, 0.3) is 0 Å². The molecular formula is C14H18N4O3S2. The van der Waals surface area contributed by atoms with Crippen LogP contribution in [0.1, 0.15) is 12.0 Å². The Morgan fingerprint density at radius 1 is 1.30 bits per heavy atom. The lowest BCUT2D eigenvalue weighted by atomic mass is 10.2. The highest BCUT2D eigenvalue weighted by Gasteiger charge is 2.29. The van der Waals surface area contributed by atoms with Gasteiger partial charge in [0.1, 0.15) is 0 Å². The van der Waals surface area contributed by atoms with Crippen molar-refractivity contribution in [3.05, 3.63) is 34.9 Å². The zero-order chi connectivity index (χ0) is 16.3. The summed E-state index contributed by atoms with van der Waals surface area (Å²) in [6, 6.07) is 1.94. The number of carbonyl (C=O) groups excluding carboxylic acids is 1. The van der Waals surface area contributed by atoms with Gasteiger partial charge in [-0.1, -0.05) is 0 Å². The molecule has 1 N–H and O–H groups in total. The van der Waals surface area contributed by atoms with Gasteiger partial charge in [0, 0.05) is 26.2 Å². The lowest BCUT2D eigenvalue weighted by molar-refractivity contribution is -0.130. The fourth-order valence-electron chi connectivity index (χ4n) is 2.59. The molecule has 3 rings (SSSR count). The third kappa shape index (κ3) is 3.62. The Balaban J connectivity index is 1.64. The number of nitrogens with one attached hydrogen (secondary N) is 1. The van der Waals surface area contributed by atoms with Crippen LogP contribution in [-0.2, 0) is 21.2 Å². The van der Waals surface area contributed by atoms with E-state index in [0.717, 1.165) is 5.56 Å². The van der Waals surface area contributed by atoms with Crippen LogP contribution in [0.3, 0.4) is 0 Å². The smallest absolute Gasteiger partial charge is 0.260 e. The summed E-state index contributed by atoms with van der Waals surface area (Å²) in [5.74, 6) is 0.0455. The normalized spacial score (nSPS) is 17.1. The lowest BCUT2D eigenvalue weighted by Crippen LogP contribution is -2.38. The van der Waals surface area contributed by atoms with Gasteiger partial charge in [-0.25, -0.2) is 13.4 Å². The Kier molecular flexibility index (Phi) is 4.79. The van der Waals surface area contributed by atoms with E-state index in [1.165, 1.54) is 16.8 Å². The van der Waals surface area contributed by atoms with Crippen LogP contribution in [0.4, 0.5) is 0 Å². The maximum absolute atomic E-state index is 12.5. The Labute approximate surface area is 139 Å². The first-order chi connectivity index (χ1) is 11.1. The van der Waals surface area contributed by atoms with E-state index >= 15 is 0 Å². The molecule has 2 aromatic heterocycles. The fourth-order valence-corrected chi connectivity index (χ4v) is 4.62. The molecule has 1 fully saturated rings. The zero-order valence-corrected chi connectivity index (χ0v) is 14.1. The third-order valence-electron chi connectivity index (χ3n) is 3.83. The zero-order valence-electron chi connectivity index (χ0n) is 12.5. The topological polar surface area (TPSA) is 86.4 Å². The highest BCUT2D eigenvalue weighted by atomic mass is 32.2. The van der Waals surface area contributed by atoms with Gasteiger partial charge in [0.15, 0.2) is 5.03 Å². The Morgan fingerprint density at radius 2 is 2.17 bits per heavy atom. The van der Waals surface area contributed by atoms with Crippen LogP contribution < -0.4 is 0 Å². The van der Waals surface area contributed by atoms with Crippen LogP contribution in [-0.4, -0.2) is 59.7 Å². The molecule has 7 nitrogen and oxygen atoms in total. The summed E-state index contributed by atoms with van der Waals surface area (Å²) >= 11 is 1.57. The van der Waals surface area contributed by atoms with E-state index in [0.29, 0.717) is 39.0 Å². The average Bonchev–Trinajstić information content (AvgIpc) is 3.17. The van der Waals surface area contributed by atoms with Crippen molar-refractivity contribution in [1.29, 1.82) is 0 Å². The van der Waals surface area contributed by atoms with Gasteiger partial charge in [0.25, 0.3) is 10.0 Å². The maximum Gasteiger partial charge on any atom is 0.260 e. The van der Waals surface area contributed by atoms with Crippen molar-refractivity contribution in [2.45, 2.75) is 17.9 Å². The van der Waals surface area contributed by atoms with Crippen molar-refractivity contribution < 1.29 is 13.2 Å². The minimum absolute atomic E-state index is 0.0455. The molecule has 1 aliphatic rings. The van der Waals surface area contributed by atoms with Gasteiger partial charge in [-0.3, -0.25) is 4.79 Å². The monoisotopic (exact) mass is 354 g/mol. The molecule has 2 aromatic rings. The van der Waals surface area contributed by atoms with Gasteiger partial charge >= 0.3 is 0 Å². The van der Waals surface area contributed by atoms with Crippen LogP contribution in [0.5, 0.6) is 0 Å². The van der Waals surface area contributed by atoms with Crippen molar-refractivity contribution in [2.24, 2.45) is 0 Å². The summed E-state index contributed by atoms with van der Waals surface area (Å²) in [4.78, 5) is 20.5. The first kappa shape index (κ1) is 16.2. The second-order valence-electron chi connectivity index (χ2n) is 5.36. The summed E-state index contributed by atoms with van der Waals surface area (Å²) in [6.07, 6.45) is 3.65. The van der Waals surface area contributed by atoms with Gasteiger partial charge in [-0.15, -0.1) is 0 Å². The summed E-state index contributed by atoms with van der Waals surface area (Å²) in [5.41, 5.74) is 1.01. The number of imidazole rings is 1. The Bertz CT molecular complexity index is 741. The van der Waals surface area contributed by atoms with Crippen LogP contribution in [0, 0.1) is 0 Å². The molecule has 0 bridgehead atoms. The van der Waals surface area contributed by atoms with Crippen molar-refractivity contribution >= 4 is 27.3 Å². The fraction of sp³-hybridized carbons (Fsp3) is 0.429. The number of thiophene rings is 1. The van der Waals surface area contributed by atoms with E-state index in [2.05, 4.69) is 9.97 Å². The molecule has 0 atom stereocenters. The molecule has 0 radical (unpaired) electrons. The van der Waals surface area contributed by atoms with Crippen molar-refractivity contribution in [1.82, 2.24) is 19.2 Å². The van der Waals surface area contributed by atoms with E-state index in [1.807, 2.05) is 16.8 Å².